The third-order valence-electron chi connectivity index (χ3n) is 6.04. The summed E-state index contributed by atoms with van der Waals surface area (Å²) in [4.78, 5) is 17.4. The minimum atomic E-state index is 0.0114. The molecular formula is C21H28BrN3O2. The van der Waals surface area contributed by atoms with Gasteiger partial charge in [-0.25, -0.2) is 4.79 Å². The van der Waals surface area contributed by atoms with Gasteiger partial charge in [-0.1, -0.05) is 28.1 Å². The van der Waals surface area contributed by atoms with Crippen LogP contribution in [0.5, 0.6) is 0 Å². The van der Waals surface area contributed by atoms with E-state index in [1.807, 2.05) is 29.2 Å². The number of urea groups is 1. The summed E-state index contributed by atoms with van der Waals surface area (Å²) in [7, 11) is 0. The highest BCUT2D eigenvalue weighted by atomic mass is 79.9. The van der Waals surface area contributed by atoms with E-state index in [1.165, 1.54) is 12.8 Å². The van der Waals surface area contributed by atoms with Gasteiger partial charge in [0, 0.05) is 42.9 Å². The van der Waals surface area contributed by atoms with Gasteiger partial charge in [-0.2, -0.15) is 0 Å². The largest absolute Gasteiger partial charge is 0.379 e. The molecule has 2 bridgehead atoms. The Hall–Kier alpha value is -1.37. The summed E-state index contributed by atoms with van der Waals surface area (Å²) in [5.74, 6) is 1.98. The van der Waals surface area contributed by atoms with Gasteiger partial charge >= 0.3 is 6.03 Å². The predicted molar refractivity (Wildman–Crippen MR) is 111 cm³/mol. The van der Waals surface area contributed by atoms with Gasteiger partial charge in [0.05, 0.1) is 13.2 Å². The van der Waals surface area contributed by atoms with E-state index in [0.717, 1.165) is 62.0 Å². The zero-order valence-electron chi connectivity index (χ0n) is 15.6. The molecule has 2 amide bonds. The van der Waals surface area contributed by atoms with Crippen molar-refractivity contribution in [3.63, 3.8) is 0 Å². The molecule has 6 heteroatoms. The van der Waals surface area contributed by atoms with Gasteiger partial charge in [0.15, 0.2) is 0 Å². The second-order valence-corrected chi connectivity index (χ2v) is 8.79. The number of hydrogen-bond acceptors (Lipinski definition) is 3. The van der Waals surface area contributed by atoms with E-state index in [2.05, 4.69) is 38.3 Å². The van der Waals surface area contributed by atoms with Crippen LogP contribution in [0, 0.1) is 17.8 Å². The van der Waals surface area contributed by atoms with Gasteiger partial charge in [0.1, 0.15) is 0 Å². The summed E-state index contributed by atoms with van der Waals surface area (Å²) >= 11 is 3.44. The highest BCUT2D eigenvalue weighted by Crippen LogP contribution is 2.43. The molecule has 4 rings (SSSR count). The number of hydrogen-bond donors (Lipinski definition) is 1. The number of halogens is 1. The molecule has 3 aliphatic rings. The maximum atomic E-state index is 13.0. The predicted octanol–water partition coefficient (Wildman–Crippen LogP) is 3.83. The first-order valence-electron chi connectivity index (χ1n) is 9.97. The first kappa shape index (κ1) is 19.0. The maximum Gasteiger partial charge on any atom is 0.321 e. The molecule has 1 saturated carbocycles. The second-order valence-electron chi connectivity index (χ2n) is 7.88. The van der Waals surface area contributed by atoms with Gasteiger partial charge in [-0.15, -0.1) is 0 Å². The molecule has 3 unspecified atom stereocenters. The van der Waals surface area contributed by atoms with Crippen LogP contribution in [-0.4, -0.2) is 61.8 Å². The standard InChI is InChI=1S/C21H28BrN3O2/c22-19-3-5-20(6-4-19)23-21(26)25(8-7-24-9-11-27-12-10-24)15-18-14-16-1-2-17(18)13-16/h1-6,16-18H,7-15H2,(H,23,26). The Morgan fingerprint density at radius 3 is 2.63 bits per heavy atom. The van der Waals surface area contributed by atoms with E-state index in [9.17, 15) is 4.79 Å². The minimum absolute atomic E-state index is 0.0114. The van der Waals surface area contributed by atoms with E-state index in [-0.39, 0.29) is 6.03 Å². The second kappa shape index (κ2) is 8.76. The smallest absolute Gasteiger partial charge is 0.321 e. The topological polar surface area (TPSA) is 44.8 Å². The average molecular weight is 434 g/mol. The van der Waals surface area contributed by atoms with Gasteiger partial charge < -0.3 is 15.0 Å². The normalized spacial score (nSPS) is 27.1. The highest BCUT2D eigenvalue weighted by Gasteiger charge is 2.37. The molecule has 146 valence electrons. The molecule has 0 spiro atoms. The van der Waals surface area contributed by atoms with Crippen LogP contribution in [0.25, 0.3) is 0 Å². The first-order chi connectivity index (χ1) is 13.2. The highest BCUT2D eigenvalue weighted by molar-refractivity contribution is 9.10. The van der Waals surface area contributed by atoms with Crippen LogP contribution in [0.3, 0.4) is 0 Å². The number of ether oxygens (including phenoxy) is 1. The Labute approximate surface area is 169 Å². The van der Waals surface area contributed by atoms with Crippen molar-refractivity contribution in [2.24, 2.45) is 17.8 Å². The van der Waals surface area contributed by atoms with Crippen LogP contribution in [0.2, 0.25) is 0 Å². The third-order valence-corrected chi connectivity index (χ3v) is 6.57. The molecule has 1 aromatic rings. The van der Waals surface area contributed by atoms with Gasteiger partial charge in [0.2, 0.25) is 0 Å². The van der Waals surface area contributed by atoms with Crippen LogP contribution >= 0.6 is 15.9 Å². The average Bonchev–Trinajstić information content (AvgIpc) is 3.31. The molecular weight excluding hydrogens is 406 g/mol. The number of nitrogens with one attached hydrogen (secondary N) is 1. The van der Waals surface area contributed by atoms with Crippen molar-refractivity contribution < 1.29 is 9.53 Å². The molecule has 1 saturated heterocycles. The van der Waals surface area contributed by atoms with Crippen molar-refractivity contribution in [1.82, 2.24) is 9.80 Å². The van der Waals surface area contributed by atoms with Crippen LogP contribution in [-0.2, 0) is 4.74 Å². The Morgan fingerprint density at radius 2 is 1.96 bits per heavy atom. The Kier molecular flexibility index (Phi) is 6.15. The lowest BCUT2D eigenvalue weighted by atomic mass is 9.93. The summed E-state index contributed by atoms with van der Waals surface area (Å²) in [6.45, 7) is 6.02. The van der Waals surface area contributed by atoms with Crippen molar-refractivity contribution in [2.45, 2.75) is 12.8 Å². The molecule has 5 nitrogen and oxygen atoms in total. The van der Waals surface area contributed by atoms with Crippen molar-refractivity contribution in [2.75, 3.05) is 51.3 Å². The summed E-state index contributed by atoms with van der Waals surface area (Å²) in [6.07, 6.45) is 7.23. The number of anilines is 1. The van der Waals surface area contributed by atoms with E-state index >= 15 is 0 Å². The van der Waals surface area contributed by atoms with Gasteiger partial charge in [-0.3, -0.25) is 4.90 Å². The quantitative estimate of drug-likeness (QED) is 0.693. The van der Waals surface area contributed by atoms with E-state index < -0.39 is 0 Å². The Morgan fingerprint density at radius 1 is 1.19 bits per heavy atom. The number of fused-ring (bicyclic) bond motifs is 2. The zero-order chi connectivity index (χ0) is 18.6. The summed E-state index contributed by atoms with van der Waals surface area (Å²) in [5, 5.41) is 3.08. The molecule has 3 atom stereocenters. The number of carbonyl (C=O) groups is 1. The molecule has 0 aromatic heterocycles. The molecule has 2 aliphatic carbocycles. The number of morpholine rings is 1. The molecule has 0 radical (unpaired) electrons. The van der Waals surface area contributed by atoms with Crippen LogP contribution in [0.15, 0.2) is 40.9 Å². The molecule has 1 aliphatic heterocycles. The van der Waals surface area contributed by atoms with Crippen LogP contribution < -0.4 is 5.32 Å². The Balaban J connectivity index is 1.38. The first-order valence-corrected chi connectivity index (χ1v) is 10.8. The molecule has 1 aromatic carbocycles. The summed E-state index contributed by atoms with van der Waals surface area (Å²) in [6, 6.07) is 7.78. The van der Waals surface area contributed by atoms with Crippen molar-refractivity contribution >= 4 is 27.6 Å². The van der Waals surface area contributed by atoms with Crippen LogP contribution in [0.1, 0.15) is 12.8 Å². The minimum Gasteiger partial charge on any atom is -0.379 e. The fourth-order valence-corrected chi connectivity index (χ4v) is 4.75. The number of amides is 2. The maximum absolute atomic E-state index is 13.0. The van der Waals surface area contributed by atoms with Crippen LogP contribution in [0.4, 0.5) is 10.5 Å². The lowest BCUT2D eigenvalue weighted by Crippen LogP contribution is -2.46. The van der Waals surface area contributed by atoms with Gasteiger partial charge in [0.25, 0.3) is 0 Å². The number of allylic oxidation sites excluding steroid dienone is 2. The third kappa shape index (κ3) is 4.92. The molecule has 1 N–H and O–H groups in total. The van der Waals surface area contributed by atoms with Gasteiger partial charge in [-0.05, 0) is 54.9 Å². The van der Waals surface area contributed by atoms with Crippen molar-refractivity contribution in [3.05, 3.63) is 40.9 Å². The molecule has 1 heterocycles. The Bertz CT molecular complexity index is 673. The summed E-state index contributed by atoms with van der Waals surface area (Å²) < 4.78 is 6.45. The molecule has 2 fully saturated rings. The lowest BCUT2D eigenvalue weighted by molar-refractivity contribution is 0.0345. The lowest BCUT2D eigenvalue weighted by Gasteiger charge is -2.32. The number of nitrogens with zero attached hydrogens (tertiary/aromatic N) is 2. The fraction of sp³-hybridized carbons (Fsp3) is 0.571. The van der Waals surface area contributed by atoms with Crippen molar-refractivity contribution in [3.8, 4) is 0 Å². The summed E-state index contributed by atoms with van der Waals surface area (Å²) in [5.41, 5.74) is 0.840. The zero-order valence-corrected chi connectivity index (χ0v) is 17.2. The van der Waals surface area contributed by atoms with E-state index in [4.69, 9.17) is 4.74 Å². The SMILES string of the molecule is O=C(Nc1ccc(Br)cc1)N(CCN1CCOCC1)CC1CC2C=CC1C2. The van der Waals surface area contributed by atoms with E-state index in [1.54, 1.807) is 0 Å². The number of benzene rings is 1. The number of carbonyl (C=O) groups excluding carboxylic acids is 1. The molecule has 27 heavy (non-hydrogen) atoms. The monoisotopic (exact) mass is 433 g/mol. The van der Waals surface area contributed by atoms with Crippen molar-refractivity contribution in [1.29, 1.82) is 0 Å². The number of rotatable bonds is 6. The van der Waals surface area contributed by atoms with E-state index in [0.29, 0.717) is 11.8 Å². The fourth-order valence-electron chi connectivity index (χ4n) is 4.49.